The number of carbonyl (C=O) groups excluding carboxylic acids is 3. The number of amides is 3. The van der Waals surface area contributed by atoms with Crippen LogP contribution in [-0.2, 0) is 20.9 Å². The molecule has 6 nitrogen and oxygen atoms in total. The Bertz CT molecular complexity index is 1820. The standard InChI is InChI=1S/C40H41ClFN3O3/c1-2-3-14-32(38(43)46)33(22-25-10-8-11-25)39(47)44-37-31-17-5-4-15-29(31)30-16-6-7-18-36(30)45(40(37)48)24-26-12-9-13-27(21-26)28-19-20-35(42)34(41)23-28/h4-7,9,12-13,15-21,23,25,32-33,37H,2-3,8,10-11,14,22,24H2,1H3,(H2,43,46)(H,44,47)/t32-,33+,37?/m0/s1. The minimum atomic E-state index is -0.983. The van der Waals surface area contributed by atoms with E-state index in [1.54, 1.807) is 17.0 Å². The molecule has 0 aromatic heterocycles. The summed E-state index contributed by atoms with van der Waals surface area (Å²) in [4.78, 5) is 43.6. The Morgan fingerprint density at radius 1 is 0.938 bits per heavy atom. The van der Waals surface area contributed by atoms with Crippen LogP contribution in [0.3, 0.4) is 0 Å². The van der Waals surface area contributed by atoms with Crippen LogP contribution < -0.4 is 16.0 Å². The maximum Gasteiger partial charge on any atom is 0.254 e. The minimum absolute atomic E-state index is 0.0368. The number of primary amides is 1. The van der Waals surface area contributed by atoms with E-state index in [4.69, 9.17) is 17.3 Å². The second-order valence-corrected chi connectivity index (χ2v) is 13.5. The Balaban J connectivity index is 1.37. The van der Waals surface area contributed by atoms with E-state index in [2.05, 4.69) is 12.2 Å². The summed E-state index contributed by atoms with van der Waals surface area (Å²) in [6.07, 6.45) is 5.97. The number of carbonyl (C=O) groups is 3. The fourth-order valence-electron chi connectivity index (χ4n) is 7.11. The van der Waals surface area contributed by atoms with Gasteiger partial charge >= 0.3 is 0 Å². The Labute approximate surface area is 286 Å². The van der Waals surface area contributed by atoms with E-state index in [1.165, 1.54) is 6.07 Å². The highest BCUT2D eigenvalue weighted by molar-refractivity contribution is 6.31. The van der Waals surface area contributed by atoms with Gasteiger partial charge in [-0.05, 0) is 70.8 Å². The van der Waals surface area contributed by atoms with Crippen LogP contribution in [0.2, 0.25) is 5.02 Å². The highest BCUT2D eigenvalue weighted by atomic mass is 35.5. The van der Waals surface area contributed by atoms with Crippen LogP contribution >= 0.6 is 11.6 Å². The van der Waals surface area contributed by atoms with Gasteiger partial charge in [0, 0.05) is 17.4 Å². The molecule has 0 radical (unpaired) electrons. The molecule has 6 rings (SSSR count). The van der Waals surface area contributed by atoms with Crippen molar-refractivity contribution in [3.63, 3.8) is 0 Å². The topological polar surface area (TPSA) is 92.5 Å². The molecule has 1 unspecified atom stereocenters. The summed E-state index contributed by atoms with van der Waals surface area (Å²) in [5.74, 6) is -2.38. The molecule has 3 amide bonds. The van der Waals surface area contributed by atoms with Gasteiger partial charge < -0.3 is 16.0 Å². The molecular formula is C40H41ClFN3O3. The van der Waals surface area contributed by atoms with Crippen molar-refractivity contribution in [2.75, 3.05) is 4.90 Å². The molecule has 1 heterocycles. The zero-order chi connectivity index (χ0) is 33.8. The molecule has 248 valence electrons. The molecule has 1 fully saturated rings. The molecule has 1 aliphatic heterocycles. The van der Waals surface area contributed by atoms with Gasteiger partial charge in [0.1, 0.15) is 11.9 Å². The second kappa shape index (κ2) is 14.7. The smallest absolute Gasteiger partial charge is 0.254 e. The Kier molecular flexibility index (Phi) is 10.3. The number of anilines is 1. The van der Waals surface area contributed by atoms with E-state index in [9.17, 15) is 18.8 Å². The first kappa shape index (κ1) is 33.4. The SMILES string of the molecule is CCCC[C@H](C(N)=O)[C@@H](CC1CCC1)C(=O)NC1C(=O)N(Cc2cccc(-c3ccc(F)c(Cl)c3)c2)c2ccccc2-c2ccccc21. The van der Waals surface area contributed by atoms with E-state index in [1.807, 2.05) is 72.8 Å². The molecule has 3 atom stereocenters. The average molecular weight is 666 g/mol. The highest BCUT2D eigenvalue weighted by Crippen LogP contribution is 2.42. The minimum Gasteiger partial charge on any atom is -0.369 e. The molecule has 8 heteroatoms. The van der Waals surface area contributed by atoms with Gasteiger partial charge in [0.2, 0.25) is 11.8 Å². The number of nitrogens with one attached hydrogen (secondary N) is 1. The summed E-state index contributed by atoms with van der Waals surface area (Å²) >= 11 is 6.09. The maximum absolute atomic E-state index is 14.8. The lowest BCUT2D eigenvalue weighted by molar-refractivity contribution is -0.136. The van der Waals surface area contributed by atoms with Crippen LogP contribution in [0.4, 0.5) is 10.1 Å². The number of unbranched alkanes of at least 4 members (excludes halogenated alkanes) is 1. The van der Waals surface area contributed by atoms with Crippen molar-refractivity contribution in [2.45, 2.75) is 64.5 Å². The molecule has 4 aromatic rings. The van der Waals surface area contributed by atoms with Crippen LogP contribution in [-0.4, -0.2) is 17.7 Å². The second-order valence-electron chi connectivity index (χ2n) is 13.1. The van der Waals surface area contributed by atoms with Gasteiger partial charge in [-0.25, -0.2) is 4.39 Å². The Morgan fingerprint density at radius 2 is 1.67 bits per heavy atom. The summed E-state index contributed by atoms with van der Waals surface area (Å²) in [7, 11) is 0. The summed E-state index contributed by atoms with van der Waals surface area (Å²) in [5.41, 5.74) is 11.5. The van der Waals surface area contributed by atoms with Gasteiger partial charge in [-0.15, -0.1) is 0 Å². The fraction of sp³-hybridized carbons (Fsp3) is 0.325. The van der Waals surface area contributed by atoms with E-state index in [0.717, 1.165) is 65.6 Å². The van der Waals surface area contributed by atoms with E-state index in [0.29, 0.717) is 24.3 Å². The van der Waals surface area contributed by atoms with Gasteiger partial charge in [-0.2, -0.15) is 0 Å². The summed E-state index contributed by atoms with van der Waals surface area (Å²) in [6, 6.07) is 26.8. The largest absolute Gasteiger partial charge is 0.369 e. The third kappa shape index (κ3) is 7.02. The summed E-state index contributed by atoms with van der Waals surface area (Å²) in [5, 5.41) is 3.18. The number of rotatable bonds is 12. The lowest BCUT2D eigenvalue weighted by atomic mass is 9.73. The number of hydrogen-bond acceptors (Lipinski definition) is 3. The molecule has 0 saturated heterocycles. The lowest BCUT2D eigenvalue weighted by Gasteiger charge is -2.33. The Morgan fingerprint density at radius 3 is 2.38 bits per heavy atom. The molecule has 48 heavy (non-hydrogen) atoms. The predicted molar refractivity (Wildman–Crippen MR) is 188 cm³/mol. The summed E-state index contributed by atoms with van der Waals surface area (Å²) in [6.45, 7) is 2.28. The summed E-state index contributed by atoms with van der Waals surface area (Å²) < 4.78 is 13.9. The van der Waals surface area contributed by atoms with Crippen LogP contribution in [0.25, 0.3) is 22.3 Å². The van der Waals surface area contributed by atoms with Crippen LogP contribution in [0, 0.1) is 23.6 Å². The van der Waals surface area contributed by atoms with E-state index in [-0.39, 0.29) is 23.4 Å². The molecule has 2 aliphatic rings. The normalized spacial score (nSPS) is 17.0. The molecular weight excluding hydrogens is 625 g/mol. The van der Waals surface area contributed by atoms with E-state index < -0.39 is 29.6 Å². The number of para-hydroxylation sites is 1. The quantitative estimate of drug-likeness (QED) is 0.159. The third-order valence-electron chi connectivity index (χ3n) is 9.95. The molecule has 4 aromatic carbocycles. The first-order valence-electron chi connectivity index (χ1n) is 16.9. The van der Waals surface area contributed by atoms with Crippen molar-refractivity contribution in [3.05, 3.63) is 113 Å². The van der Waals surface area contributed by atoms with Gasteiger partial charge in [-0.1, -0.05) is 117 Å². The fourth-order valence-corrected chi connectivity index (χ4v) is 7.29. The van der Waals surface area contributed by atoms with Crippen LogP contribution in [0.5, 0.6) is 0 Å². The van der Waals surface area contributed by atoms with E-state index >= 15 is 0 Å². The first-order chi connectivity index (χ1) is 23.2. The number of fused-ring (bicyclic) bond motifs is 3. The molecule has 1 aliphatic carbocycles. The number of benzene rings is 4. The predicted octanol–water partition coefficient (Wildman–Crippen LogP) is 8.62. The monoisotopic (exact) mass is 665 g/mol. The number of nitrogens with zero attached hydrogens (tertiary/aromatic N) is 1. The number of hydrogen-bond donors (Lipinski definition) is 2. The highest BCUT2D eigenvalue weighted by Gasteiger charge is 2.40. The van der Waals surface area contributed by atoms with Crippen molar-refractivity contribution in [2.24, 2.45) is 23.5 Å². The van der Waals surface area contributed by atoms with Crippen molar-refractivity contribution in [1.29, 1.82) is 0 Å². The molecule has 3 N–H and O–H groups in total. The number of nitrogens with two attached hydrogens (primary N) is 1. The van der Waals surface area contributed by atoms with Crippen molar-refractivity contribution < 1.29 is 18.8 Å². The van der Waals surface area contributed by atoms with Crippen molar-refractivity contribution in [3.8, 4) is 22.3 Å². The number of halogens is 2. The molecule has 1 saturated carbocycles. The zero-order valence-corrected chi connectivity index (χ0v) is 27.9. The van der Waals surface area contributed by atoms with Crippen LogP contribution in [0.15, 0.2) is 91.0 Å². The molecule has 0 bridgehead atoms. The van der Waals surface area contributed by atoms with Crippen molar-refractivity contribution >= 4 is 35.0 Å². The third-order valence-corrected chi connectivity index (χ3v) is 10.2. The van der Waals surface area contributed by atoms with Gasteiger partial charge in [-0.3, -0.25) is 14.4 Å². The molecule has 0 spiro atoms. The zero-order valence-electron chi connectivity index (χ0n) is 27.1. The van der Waals surface area contributed by atoms with Crippen molar-refractivity contribution in [1.82, 2.24) is 5.32 Å². The van der Waals surface area contributed by atoms with Gasteiger partial charge in [0.25, 0.3) is 5.91 Å². The Hall–Kier alpha value is -4.49. The van der Waals surface area contributed by atoms with Crippen LogP contribution in [0.1, 0.15) is 69.0 Å². The van der Waals surface area contributed by atoms with Gasteiger partial charge in [0.05, 0.1) is 17.3 Å². The maximum atomic E-state index is 14.8. The van der Waals surface area contributed by atoms with Gasteiger partial charge in [0.15, 0.2) is 0 Å². The average Bonchev–Trinajstić information content (AvgIpc) is 3.16. The lowest BCUT2D eigenvalue weighted by Crippen LogP contribution is -2.47. The first-order valence-corrected chi connectivity index (χ1v) is 17.3.